The lowest BCUT2D eigenvalue weighted by Crippen LogP contribution is -2.57. The number of rotatable bonds is 5. The van der Waals surface area contributed by atoms with Crippen molar-refractivity contribution in [1.82, 2.24) is 9.80 Å². The Morgan fingerprint density at radius 2 is 2.00 bits per heavy atom. The highest BCUT2D eigenvalue weighted by Crippen LogP contribution is 2.61. The monoisotopic (exact) mass is 448 g/mol. The lowest BCUT2D eigenvalue weighted by atomic mass is 9.78. The molecule has 31 heavy (non-hydrogen) atoms. The summed E-state index contributed by atoms with van der Waals surface area (Å²) in [4.78, 5) is 44.1. The van der Waals surface area contributed by atoms with E-state index in [4.69, 9.17) is 4.74 Å². The Labute approximate surface area is 187 Å². The Kier molecular flexibility index (Phi) is 6.23. The molecule has 0 aromatic carbocycles. The lowest BCUT2D eigenvalue weighted by molar-refractivity contribution is -0.153. The van der Waals surface area contributed by atoms with Crippen LogP contribution in [0.15, 0.2) is 24.3 Å². The third-order valence-corrected chi connectivity index (χ3v) is 8.81. The molecular weight excluding hydrogens is 416 g/mol. The van der Waals surface area contributed by atoms with Crippen LogP contribution in [0.2, 0.25) is 0 Å². The summed E-state index contributed by atoms with van der Waals surface area (Å²) in [5.41, 5.74) is 0. The summed E-state index contributed by atoms with van der Waals surface area (Å²) in [5.74, 6) is -2.01. The van der Waals surface area contributed by atoms with Crippen molar-refractivity contribution in [2.24, 2.45) is 11.8 Å². The summed E-state index contributed by atoms with van der Waals surface area (Å²) < 4.78 is 4.61. The summed E-state index contributed by atoms with van der Waals surface area (Å²) in [7, 11) is 0. The van der Waals surface area contributed by atoms with Crippen LogP contribution in [0.3, 0.4) is 0 Å². The van der Waals surface area contributed by atoms with E-state index in [9.17, 15) is 19.5 Å². The molecule has 0 aliphatic carbocycles. The van der Waals surface area contributed by atoms with Crippen molar-refractivity contribution < 1.29 is 24.2 Å². The molecule has 0 aromatic heterocycles. The third kappa shape index (κ3) is 3.42. The van der Waals surface area contributed by atoms with E-state index in [1.165, 1.54) is 11.8 Å². The summed E-state index contributed by atoms with van der Waals surface area (Å²) in [6.07, 6.45) is 10.5. The summed E-state index contributed by atoms with van der Waals surface area (Å²) in [6.45, 7) is 6.43. The second-order valence-electron chi connectivity index (χ2n) is 9.03. The molecule has 2 saturated heterocycles. The van der Waals surface area contributed by atoms with Crippen molar-refractivity contribution in [2.45, 2.75) is 68.2 Å². The molecule has 0 radical (unpaired) electrons. The molecule has 8 heteroatoms. The van der Waals surface area contributed by atoms with Crippen molar-refractivity contribution in [3.8, 4) is 0 Å². The van der Waals surface area contributed by atoms with Crippen molar-refractivity contribution >= 4 is 29.5 Å². The summed E-state index contributed by atoms with van der Waals surface area (Å²) in [6, 6.07) is -1.22. The zero-order valence-corrected chi connectivity index (χ0v) is 19.2. The van der Waals surface area contributed by atoms with Crippen molar-refractivity contribution in [2.75, 3.05) is 19.8 Å². The van der Waals surface area contributed by atoms with E-state index in [1.54, 1.807) is 11.8 Å². The van der Waals surface area contributed by atoms with Crippen LogP contribution in [0.4, 0.5) is 0 Å². The van der Waals surface area contributed by atoms with E-state index < -0.39 is 28.7 Å². The number of ether oxygens (including phenoxy) is 1. The van der Waals surface area contributed by atoms with Gasteiger partial charge in [0.25, 0.3) is 0 Å². The predicted molar refractivity (Wildman–Crippen MR) is 118 cm³/mol. The van der Waals surface area contributed by atoms with Gasteiger partial charge in [-0.3, -0.25) is 14.4 Å². The quantitative estimate of drug-likeness (QED) is 0.509. The van der Waals surface area contributed by atoms with Gasteiger partial charge >= 0.3 is 5.97 Å². The molecule has 1 spiro atoms. The molecule has 7 nitrogen and oxygen atoms in total. The molecule has 0 saturated carbocycles. The van der Waals surface area contributed by atoms with Crippen LogP contribution in [0.1, 0.15) is 40.0 Å². The summed E-state index contributed by atoms with van der Waals surface area (Å²) >= 11 is 1.54. The first-order chi connectivity index (χ1) is 14.9. The maximum absolute atomic E-state index is 13.9. The minimum absolute atomic E-state index is 0.0441. The van der Waals surface area contributed by atoms with Gasteiger partial charge in [-0.25, -0.2) is 0 Å². The number of hydrogen-bond donors (Lipinski definition) is 1. The molecule has 0 aromatic rings. The Bertz CT molecular complexity index is 814. The first-order valence-electron chi connectivity index (χ1n) is 11.3. The average Bonchev–Trinajstić information content (AvgIpc) is 3.12. The van der Waals surface area contributed by atoms with E-state index in [0.717, 1.165) is 12.8 Å². The predicted octanol–water partition coefficient (Wildman–Crippen LogP) is 1.75. The SMILES string of the molecule is CCCC(C)N1CC=C[C@]23S[C@H]4C=CCCOC(=O)[C@H]4[C@H]2C(=O)N([C@H](C)CO)C3C1=O. The van der Waals surface area contributed by atoms with Crippen LogP contribution in [0, 0.1) is 11.8 Å². The molecule has 4 aliphatic rings. The van der Waals surface area contributed by atoms with E-state index in [2.05, 4.69) is 6.92 Å². The van der Waals surface area contributed by atoms with Gasteiger partial charge in [0, 0.05) is 17.8 Å². The van der Waals surface area contributed by atoms with Crippen LogP contribution in [0.25, 0.3) is 0 Å². The number of carbonyl (C=O) groups excluding carboxylic acids is 3. The third-order valence-electron chi connectivity index (χ3n) is 7.07. The molecule has 4 heterocycles. The van der Waals surface area contributed by atoms with Crippen LogP contribution < -0.4 is 0 Å². The number of fused-ring (bicyclic) bond motifs is 2. The molecule has 0 bridgehead atoms. The summed E-state index contributed by atoms with van der Waals surface area (Å²) in [5, 5.41) is 9.69. The van der Waals surface area contributed by atoms with E-state index in [0.29, 0.717) is 19.6 Å². The fraction of sp³-hybridized carbons (Fsp3) is 0.696. The molecule has 1 N–H and O–H groups in total. The van der Waals surface area contributed by atoms with Gasteiger partial charge in [-0.1, -0.05) is 37.6 Å². The molecule has 170 valence electrons. The Morgan fingerprint density at radius 1 is 1.23 bits per heavy atom. The fourth-order valence-electron chi connectivity index (χ4n) is 5.60. The number of esters is 1. The maximum atomic E-state index is 13.9. The zero-order valence-electron chi connectivity index (χ0n) is 18.4. The number of aliphatic hydroxyl groups is 1. The number of cyclic esters (lactones) is 1. The topological polar surface area (TPSA) is 87.2 Å². The van der Waals surface area contributed by atoms with Gasteiger partial charge in [-0.15, -0.1) is 11.8 Å². The number of thioether (sulfide) groups is 1. The maximum Gasteiger partial charge on any atom is 0.311 e. The number of hydrogen-bond acceptors (Lipinski definition) is 6. The van der Waals surface area contributed by atoms with Crippen LogP contribution in [-0.2, 0) is 19.1 Å². The molecule has 4 aliphatic heterocycles. The van der Waals surface area contributed by atoms with Gasteiger partial charge in [0.15, 0.2) is 0 Å². The molecule has 2 fully saturated rings. The Morgan fingerprint density at radius 3 is 2.71 bits per heavy atom. The first kappa shape index (κ1) is 22.4. The normalized spacial score (nSPS) is 36.8. The largest absolute Gasteiger partial charge is 0.465 e. The Hall–Kier alpha value is -1.80. The zero-order chi connectivity index (χ0) is 22.3. The van der Waals surface area contributed by atoms with E-state index in [-0.39, 0.29) is 35.7 Å². The van der Waals surface area contributed by atoms with Crippen LogP contribution >= 0.6 is 11.8 Å². The number of aliphatic hydroxyl groups excluding tert-OH is 1. The van der Waals surface area contributed by atoms with Gasteiger partial charge in [0.1, 0.15) is 6.04 Å². The Balaban J connectivity index is 1.83. The number of nitrogens with zero attached hydrogens (tertiary/aromatic N) is 2. The lowest BCUT2D eigenvalue weighted by Gasteiger charge is -2.39. The van der Waals surface area contributed by atoms with Crippen molar-refractivity contribution in [3.63, 3.8) is 0 Å². The van der Waals surface area contributed by atoms with Gasteiger partial charge in [0.2, 0.25) is 11.8 Å². The van der Waals surface area contributed by atoms with Crippen LogP contribution in [0.5, 0.6) is 0 Å². The first-order valence-corrected chi connectivity index (χ1v) is 12.2. The van der Waals surface area contributed by atoms with E-state index >= 15 is 0 Å². The standard InChI is InChI=1S/C23H32N2O5S/c1-4-8-14(2)24-11-7-10-23-18(17-16(31-23)9-5-6-12-30-22(17)29)20(27)25(15(3)13-26)19(23)21(24)28/h5,7,9-10,14-19,26H,4,6,8,11-13H2,1-3H3/t14?,15-,16+,17-,18+,19?,23+/m1/s1. The highest BCUT2D eigenvalue weighted by atomic mass is 32.2. The second kappa shape index (κ2) is 8.62. The smallest absolute Gasteiger partial charge is 0.311 e. The van der Waals surface area contributed by atoms with Crippen molar-refractivity contribution in [1.29, 1.82) is 0 Å². The van der Waals surface area contributed by atoms with E-state index in [1.807, 2.05) is 36.1 Å². The molecule has 2 amide bonds. The fourth-order valence-corrected chi connectivity index (χ4v) is 7.58. The minimum Gasteiger partial charge on any atom is -0.465 e. The van der Waals surface area contributed by atoms with Gasteiger partial charge < -0.3 is 19.6 Å². The highest BCUT2D eigenvalue weighted by Gasteiger charge is 2.71. The highest BCUT2D eigenvalue weighted by molar-refractivity contribution is 8.02. The second-order valence-corrected chi connectivity index (χ2v) is 10.5. The molecule has 2 unspecified atom stereocenters. The molecule has 4 rings (SSSR count). The average molecular weight is 449 g/mol. The van der Waals surface area contributed by atoms with Gasteiger partial charge in [-0.2, -0.15) is 0 Å². The number of amides is 2. The van der Waals surface area contributed by atoms with Crippen LogP contribution in [-0.4, -0.2) is 80.6 Å². The minimum atomic E-state index is -0.846. The number of likely N-dealkylation sites (tertiary alicyclic amines) is 1. The van der Waals surface area contributed by atoms with Crippen molar-refractivity contribution in [3.05, 3.63) is 24.3 Å². The van der Waals surface area contributed by atoms with Gasteiger partial charge in [0.05, 0.1) is 35.8 Å². The molecular formula is C23H32N2O5S. The number of carbonyl (C=O) groups is 3. The molecule has 7 atom stereocenters. The van der Waals surface area contributed by atoms with Gasteiger partial charge in [-0.05, 0) is 26.7 Å².